The van der Waals surface area contributed by atoms with Gasteiger partial charge in [0.1, 0.15) is 5.75 Å². The van der Waals surface area contributed by atoms with Gasteiger partial charge in [0.15, 0.2) is 0 Å². The Kier molecular flexibility index (Phi) is 3.34. The van der Waals surface area contributed by atoms with E-state index in [2.05, 4.69) is 5.32 Å². The van der Waals surface area contributed by atoms with Crippen molar-refractivity contribution in [1.82, 2.24) is 5.32 Å². The maximum Gasteiger partial charge on any atom is 0.306 e. The average molecular weight is 275 g/mol. The first kappa shape index (κ1) is 13.0. The number of aliphatic carboxylic acids is 1. The van der Waals surface area contributed by atoms with E-state index in [0.29, 0.717) is 25.9 Å². The molecule has 1 aromatic rings. The van der Waals surface area contributed by atoms with Crippen LogP contribution in [0.5, 0.6) is 5.75 Å². The van der Waals surface area contributed by atoms with Gasteiger partial charge in [0, 0.05) is 11.6 Å². The molecule has 106 valence electrons. The van der Waals surface area contributed by atoms with Crippen molar-refractivity contribution in [2.24, 2.45) is 5.92 Å². The molecule has 0 bridgehead atoms. The Balaban J connectivity index is 1.63. The second-order valence-corrected chi connectivity index (χ2v) is 5.44. The molecule has 0 saturated heterocycles. The molecule has 5 heteroatoms. The Bertz CT molecular complexity index is 536. The molecule has 1 amide bonds. The molecule has 1 atom stereocenters. The molecule has 1 aliphatic heterocycles. The van der Waals surface area contributed by atoms with E-state index in [0.717, 1.165) is 11.3 Å². The summed E-state index contributed by atoms with van der Waals surface area (Å²) in [6.07, 6.45) is 1.73. The Hall–Kier alpha value is -2.04. The summed E-state index contributed by atoms with van der Waals surface area (Å²) in [5, 5.41) is 11.8. The fraction of sp³-hybridized carbons (Fsp3) is 0.467. The number of para-hydroxylation sites is 1. The highest BCUT2D eigenvalue weighted by Crippen LogP contribution is 2.34. The number of carboxylic acids is 1. The van der Waals surface area contributed by atoms with Crippen LogP contribution in [0.25, 0.3) is 0 Å². The molecule has 1 heterocycles. The van der Waals surface area contributed by atoms with E-state index in [1.54, 1.807) is 0 Å². The van der Waals surface area contributed by atoms with E-state index in [1.807, 2.05) is 24.3 Å². The first-order valence-electron chi connectivity index (χ1n) is 6.90. The lowest BCUT2D eigenvalue weighted by atomic mass is 9.80. The molecule has 1 saturated carbocycles. The van der Waals surface area contributed by atoms with E-state index in [1.165, 1.54) is 0 Å². The third-order valence-corrected chi connectivity index (χ3v) is 4.11. The normalized spacial score (nSPS) is 27.7. The number of rotatable bonds is 3. The number of carboxylic acid groups (broad SMARTS) is 1. The monoisotopic (exact) mass is 275 g/mol. The van der Waals surface area contributed by atoms with Gasteiger partial charge < -0.3 is 15.2 Å². The number of carbonyl (C=O) groups is 2. The van der Waals surface area contributed by atoms with Crippen LogP contribution < -0.4 is 10.1 Å². The Morgan fingerprint density at radius 3 is 2.75 bits per heavy atom. The molecular weight excluding hydrogens is 258 g/mol. The van der Waals surface area contributed by atoms with Crippen LogP contribution in [0.2, 0.25) is 0 Å². The highest BCUT2D eigenvalue weighted by atomic mass is 16.5. The third-order valence-electron chi connectivity index (χ3n) is 4.11. The van der Waals surface area contributed by atoms with Gasteiger partial charge in [-0.3, -0.25) is 9.59 Å². The van der Waals surface area contributed by atoms with Gasteiger partial charge in [-0.25, -0.2) is 0 Å². The number of nitrogens with one attached hydrogen (secondary N) is 1. The summed E-state index contributed by atoms with van der Waals surface area (Å²) in [6, 6.07) is 7.58. The molecule has 1 fully saturated rings. The number of fused-ring (bicyclic) bond motifs is 1. The smallest absolute Gasteiger partial charge is 0.306 e. The van der Waals surface area contributed by atoms with Crippen LogP contribution in [0.3, 0.4) is 0 Å². The van der Waals surface area contributed by atoms with Crippen LogP contribution in [-0.4, -0.2) is 29.6 Å². The number of carbonyl (C=O) groups excluding carboxylic acids is 1. The van der Waals surface area contributed by atoms with Crippen LogP contribution in [0.15, 0.2) is 24.3 Å². The summed E-state index contributed by atoms with van der Waals surface area (Å²) >= 11 is 0. The van der Waals surface area contributed by atoms with Crippen LogP contribution in [0, 0.1) is 5.92 Å². The summed E-state index contributed by atoms with van der Waals surface area (Å²) in [5.41, 5.74) is 0.922. The van der Waals surface area contributed by atoms with Gasteiger partial charge >= 0.3 is 5.97 Å². The quantitative estimate of drug-likeness (QED) is 0.877. The minimum absolute atomic E-state index is 0.00129. The van der Waals surface area contributed by atoms with Gasteiger partial charge in [-0.1, -0.05) is 18.2 Å². The van der Waals surface area contributed by atoms with Crippen molar-refractivity contribution in [3.05, 3.63) is 29.8 Å². The molecule has 0 aromatic heterocycles. The molecule has 2 aliphatic rings. The summed E-state index contributed by atoms with van der Waals surface area (Å²) < 4.78 is 5.54. The lowest BCUT2D eigenvalue weighted by Crippen LogP contribution is -2.48. The van der Waals surface area contributed by atoms with E-state index >= 15 is 0 Å². The average Bonchev–Trinajstić information content (AvgIpc) is 2.41. The number of amides is 1. The molecule has 5 nitrogen and oxygen atoms in total. The summed E-state index contributed by atoms with van der Waals surface area (Å²) in [6.45, 7) is 0.539. The lowest BCUT2D eigenvalue weighted by molar-refractivity contribution is -0.146. The van der Waals surface area contributed by atoms with Crippen molar-refractivity contribution in [3.8, 4) is 5.75 Å². The maximum atomic E-state index is 12.3. The van der Waals surface area contributed by atoms with Crippen molar-refractivity contribution >= 4 is 11.9 Å². The topological polar surface area (TPSA) is 75.6 Å². The lowest BCUT2D eigenvalue weighted by Gasteiger charge is -2.34. The maximum absolute atomic E-state index is 12.3. The standard InChI is InChI=1S/C15H17NO4/c17-14(16-10-7-9(8-10)15(18)19)12-5-6-20-13-4-2-1-3-11(12)13/h1-4,9-10,12H,5-8H2,(H,16,17)(H,18,19). The first-order valence-corrected chi connectivity index (χ1v) is 6.90. The molecule has 3 rings (SSSR count). The predicted molar refractivity (Wildman–Crippen MR) is 71.6 cm³/mol. The number of benzene rings is 1. The number of hydrogen-bond acceptors (Lipinski definition) is 3. The molecule has 1 unspecified atom stereocenters. The van der Waals surface area contributed by atoms with Crippen molar-refractivity contribution in [2.45, 2.75) is 31.2 Å². The minimum Gasteiger partial charge on any atom is -0.493 e. The Labute approximate surface area is 116 Å². The minimum atomic E-state index is -0.771. The van der Waals surface area contributed by atoms with Crippen LogP contribution in [0.1, 0.15) is 30.7 Å². The zero-order chi connectivity index (χ0) is 14.1. The summed E-state index contributed by atoms with van der Waals surface area (Å²) in [5.74, 6) is -0.511. The molecular formula is C15H17NO4. The van der Waals surface area contributed by atoms with Crippen molar-refractivity contribution in [1.29, 1.82) is 0 Å². The Morgan fingerprint density at radius 2 is 2.00 bits per heavy atom. The second kappa shape index (κ2) is 5.15. The van der Waals surface area contributed by atoms with Crippen LogP contribution >= 0.6 is 0 Å². The zero-order valence-corrected chi connectivity index (χ0v) is 11.0. The van der Waals surface area contributed by atoms with Gasteiger partial charge in [0.25, 0.3) is 0 Å². The largest absolute Gasteiger partial charge is 0.493 e. The van der Waals surface area contributed by atoms with Gasteiger partial charge in [-0.15, -0.1) is 0 Å². The summed E-state index contributed by atoms with van der Waals surface area (Å²) in [7, 11) is 0. The number of hydrogen-bond donors (Lipinski definition) is 2. The molecule has 0 radical (unpaired) electrons. The second-order valence-electron chi connectivity index (χ2n) is 5.44. The van der Waals surface area contributed by atoms with Gasteiger partial charge in [-0.05, 0) is 25.3 Å². The molecule has 2 N–H and O–H groups in total. The zero-order valence-electron chi connectivity index (χ0n) is 11.0. The molecule has 20 heavy (non-hydrogen) atoms. The van der Waals surface area contributed by atoms with Gasteiger partial charge in [0.2, 0.25) is 5.91 Å². The van der Waals surface area contributed by atoms with Crippen molar-refractivity contribution in [2.75, 3.05) is 6.61 Å². The first-order chi connectivity index (χ1) is 9.65. The van der Waals surface area contributed by atoms with Gasteiger partial charge in [0.05, 0.1) is 18.4 Å². The highest BCUT2D eigenvalue weighted by molar-refractivity contribution is 5.85. The highest BCUT2D eigenvalue weighted by Gasteiger charge is 2.37. The fourth-order valence-electron chi connectivity index (χ4n) is 2.85. The summed E-state index contributed by atoms with van der Waals surface area (Å²) in [4.78, 5) is 23.1. The SMILES string of the molecule is O=C(O)C1CC(NC(=O)C2CCOc3ccccc32)C1. The fourth-order valence-corrected chi connectivity index (χ4v) is 2.85. The third kappa shape index (κ3) is 2.35. The molecule has 0 spiro atoms. The van der Waals surface area contributed by atoms with Crippen LogP contribution in [-0.2, 0) is 9.59 Å². The van der Waals surface area contributed by atoms with E-state index in [4.69, 9.17) is 9.84 Å². The predicted octanol–water partition coefficient (Wildman–Crippen LogP) is 1.53. The van der Waals surface area contributed by atoms with Crippen LogP contribution in [0.4, 0.5) is 0 Å². The van der Waals surface area contributed by atoms with Gasteiger partial charge in [-0.2, -0.15) is 0 Å². The molecule has 1 aliphatic carbocycles. The van der Waals surface area contributed by atoms with E-state index < -0.39 is 5.97 Å². The number of ether oxygens (including phenoxy) is 1. The van der Waals surface area contributed by atoms with Crippen molar-refractivity contribution in [3.63, 3.8) is 0 Å². The van der Waals surface area contributed by atoms with E-state index in [9.17, 15) is 9.59 Å². The molecule has 1 aromatic carbocycles. The van der Waals surface area contributed by atoms with Crippen molar-refractivity contribution < 1.29 is 19.4 Å². The van der Waals surface area contributed by atoms with E-state index in [-0.39, 0.29) is 23.8 Å². The Morgan fingerprint density at radius 1 is 1.25 bits per heavy atom.